The SMILES string of the molecule is [2H]C(C)(C)c1ccccc1-c1cc(Oc2ccc3c4ccccc4n(-c4cc(C(C)(C)C)ccn4)c3c2)cc(N2CN(c3c(-c4cc(C(C)C)cc(C(C)C)c4)cc(C(C)(C)C)cc3-c3c(F)cc(F)cc3F)c3ccccc32)c1. The third-order valence-electron chi connectivity index (χ3n) is 15.6. The van der Waals surface area contributed by atoms with Gasteiger partial charge in [0.2, 0.25) is 0 Å². The van der Waals surface area contributed by atoms with Crippen molar-refractivity contribution in [2.24, 2.45) is 0 Å². The summed E-state index contributed by atoms with van der Waals surface area (Å²) in [5.74, 6) is -1.51. The molecule has 0 N–H and O–H groups in total. The smallest absolute Gasteiger partial charge is 0.137 e. The molecule has 11 rings (SSSR count). The number of fused-ring (bicyclic) bond motifs is 4. The first-order valence-corrected chi connectivity index (χ1v) is 27.5. The van der Waals surface area contributed by atoms with E-state index in [1.165, 1.54) is 5.56 Å². The second kappa shape index (κ2) is 20.3. The molecule has 0 spiro atoms. The number of para-hydroxylation sites is 3. The first-order chi connectivity index (χ1) is 37.9. The number of aromatic nitrogens is 2. The van der Waals surface area contributed by atoms with Crippen LogP contribution in [0.3, 0.4) is 0 Å². The number of anilines is 4. The number of rotatable bonds is 11. The van der Waals surface area contributed by atoms with E-state index in [1.807, 2.05) is 80.7 Å². The van der Waals surface area contributed by atoms with Crippen LogP contribution < -0.4 is 14.5 Å². The van der Waals surface area contributed by atoms with E-state index < -0.39 is 28.8 Å². The van der Waals surface area contributed by atoms with Gasteiger partial charge in [0.15, 0.2) is 0 Å². The quantitative estimate of drug-likeness (QED) is 0.129. The van der Waals surface area contributed by atoms with Crippen molar-refractivity contribution in [1.82, 2.24) is 9.55 Å². The maximum atomic E-state index is 16.7. The summed E-state index contributed by atoms with van der Waals surface area (Å²) >= 11 is 0. The van der Waals surface area contributed by atoms with Crippen LogP contribution in [-0.4, -0.2) is 16.2 Å². The van der Waals surface area contributed by atoms with Crippen molar-refractivity contribution in [2.75, 3.05) is 16.5 Å². The standard InChI is InChI=1S/C71H69F3N4O/c1-42(2)45-29-46(43(3)4)31-47(30-45)59-34-50(71(10,11)12)35-60(68-61(73)37-51(72)38-62(68)74)69(59)77-41-76(64-23-17-18-24-65(64)77)52-32-48(56-20-14-13-19-55(56)44(5)6)33-54(39-52)79-53-25-26-58-57-21-15-16-22-63(57)78(66(58)40-53)67-36-49(27-28-75-67)70(7,8)9/h13-40,42-44H,41H2,1-12H3/i44D. The van der Waals surface area contributed by atoms with Crippen molar-refractivity contribution in [3.8, 4) is 50.7 Å². The molecule has 0 fully saturated rings. The number of benzene rings is 8. The first-order valence-electron chi connectivity index (χ1n) is 28.0. The van der Waals surface area contributed by atoms with Crippen LogP contribution in [0.4, 0.5) is 35.9 Å². The van der Waals surface area contributed by atoms with E-state index in [9.17, 15) is 5.76 Å². The van der Waals surface area contributed by atoms with Crippen LogP contribution in [0.5, 0.6) is 11.5 Å². The minimum atomic E-state index is -0.986. The third kappa shape index (κ3) is 9.96. The Hall–Kier alpha value is -8.10. The zero-order chi connectivity index (χ0) is 56.7. The average Bonchev–Trinajstić information content (AvgIpc) is 4.00. The van der Waals surface area contributed by atoms with Gasteiger partial charge in [0.05, 0.1) is 33.7 Å². The van der Waals surface area contributed by atoms with Gasteiger partial charge in [-0.15, -0.1) is 0 Å². The van der Waals surface area contributed by atoms with E-state index in [1.54, 1.807) is 0 Å². The van der Waals surface area contributed by atoms with Crippen LogP contribution in [0.2, 0.25) is 0 Å². The number of pyridine rings is 1. The van der Waals surface area contributed by atoms with Gasteiger partial charge in [-0.2, -0.15) is 0 Å². The Balaban J connectivity index is 1.13. The fraction of sp³-hybridized carbons (Fsp3) is 0.254. The van der Waals surface area contributed by atoms with Crippen molar-refractivity contribution in [3.63, 3.8) is 0 Å². The van der Waals surface area contributed by atoms with Crippen molar-refractivity contribution in [3.05, 3.63) is 215 Å². The van der Waals surface area contributed by atoms with Crippen LogP contribution >= 0.6 is 0 Å². The zero-order valence-electron chi connectivity index (χ0n) is 48.4. The summed E-state index contributed by atoms with van der Waals surface area (Å²) in [5.41, 5.74) is 13.2. The van der Waals surface area contributed by atoms with Crippen LogP contribution in [0.15, 0.2) is 170 Å². The summed E-state index contributed by atoms with van der Waals surface area (Å²) in [7, 11) is 0. The van der Waals surface area contributed by atoms with Gasteiger partial charge in [-0.1, -0.05) is 156 Å². The summed E-state index contributed by atoms with van der Waals surface area (Å²) in [4.78, 5) is 9.28. The Morgan fingerprint density at radius 1 is 0.532 bits per heavy atom. The monoisotopic (exact) mass is 1050 g/mol. The van der Waals surface area contributed by atoms with Gasteiger partial charge in [0, 0.05) is 59.4 Å². The lowest BCUT2D eigenvalue weighted by atomic mass is 9.81. The molecule has 0 saturated heterocycles. The van der Waals surface area contributed by atoms with Crippen LogP contribution in [-0.2, 0) is 10.8 Å². The predicted molar refractivity (Wildman–Crippen MR) is 323 cm³/mol. The predicted octanol–water partition coefficient (Wildman–Crippen LogP) is 20.6. The molecule has 0 atom stereocenters. The molecule has 8 aromatic carbocycles. The van der Waals surface area contributed by atoms with Crippen LogP contribution in [0.25, 0.3) is 61.0 Å². The molecule has 1 aliphatic rings. The molecule has 10 aromatic rings. The number of halogens is 3. The van der Waals surface area contributed by atoms with Gasteiger partial charge in [0.1, 0.15) is 41.4 Å². The Kier molecular flexibility index (Phi) is 13.3. The minimum Gasteiger partial charge on any atom is -0.457 e. The molecule has 0 radical (unpaired) electrons. The summed E-state index contributed by atoms with van der Waals surface area (Å²) in [6.45, 7) is 25.6. The maximum Gasteiger partial charge on any atom is 0.137 e. The van der Waals surface area contributed by atoms with Gasteiger partial charge < -0.3 is 14.5 Å². The maximum absolute atomic E-state index is 16.7. The first kappa shape index (κ1) is 51.6. The highest BCUT2D eigenvalue weighted by molar-refractivity contribution is 6.09. The normalized spacial score (nSPS) is 13.3. The highest BCUT2D eigenvalue weighted by Gasteiger charge is 2.35. The molecule has 0 aliphatic carbocycles. The Morgan fingerprint density at radius 2 is 1.14 bits per heavy atom. The summed E-state index contributed by atoms with van der Waals surface area (Å²) in [5, 5.41) is 2.17. The zero-order valence-corrected chi connectivity index (χ0v) is 47.4. The van der Waals surface area contributed by atoms with Gasteiger partial charge in [-0.3, -0.25) is 4.57 Å². The van der Waals surface area contributed by atoms with E-state index in [2.05, 4.69) is 175 Å². The van der Waals surface area contributed by atoms with E-state index in [4.69, 9.17) is 9.72 Å². The molecule has 1 aliphatic heterocycles. The minimum absolute atomic E-state index is 0.0923. The second-order valence-electron chi connectivity index (χ2n) is 24.1. The lowest BCUT2D eigenvalue weighted by Crippen LogP contribution is -2.25. The number of ether oxygens (including phenoxy) is 1. The second-order valence-corrected chi connectivity index (χ2v) is 24.1. The summed E-state index contributed by atoms with van der Waals surface area (Å²) in [6, 6.07) is 53.4. The Bertz CT molecular complexity index is 3990. The van der Waals surface area contributed by atoms with E-state index in [-0.39, 0.29) is 29.5 Å². The fourth-order valence-corrected chi connectivity index (χ4v) is 11.2. The van der Waals surface area contributed by atoms with E-state index in [0.29, 0.717) is 22.7 Å². The van der Waals surface area contributed by atoms with Crippen molar-refractivity contribution < 1.29 is 19.3 Å². The summed E-state index contributed by atoms with van der Waals surface area (Å²) in [6.07, 6.45) is 1.88. The molecular weight excluding hydrogens is 982 g/mol. The molecule has 0 saturated carbocycles. The summed E-state index contributed by atoms with van der Waals surface area (Å²) < 4.78 is 67.0. The van der Waals surface area contributed by atoms with Crippen molar-refractivity contribution in [1.29, 1.82) is 0 Å². The number of nitrogens with zero attached hydrogens (tertiary/aromatic N) is 4. The molecule has 3 heterocycles. The van der Waals surface area contributed by atoms with E-state index in [0.717, 1.165) is 101 Å². The molecule has 79 heavy (non-hydrogen) atoms. The Morgan fingerprint density at radius 3 is 1.81 bits per heavy atom. The molecule has 8 heteroatoms. The number of hydrogen-bond donors (Lipinski definition) is 0. The topological polar surface area (TPSA) is 33.5 Å². The molecule has 0 amide bonds. The molecule has 0 unspecified atom stereocenters. The highest BCUT2D eigenvalue weighted by Crippen LogP contribution is 2.53. The molecule has 0 bridgehead atoms. The van der Waals surface area contributed by atoms with Gasteiger partial charge >= 0.3 is 0 Å². The van der Waals surface area contributed by atoms with Gasteiger partial charge in [0.25, 0.3) is 0 Å². The van der Waals surface area contributed by atoms with Crippen LogP contribution in [0, 0.1) is 17.5 Å². The van der Waals surface area contributed by atoms with Crippen molar-refractivity contribution >= 4 is 44.6 Å². The molecule has 2 aromatic heterocycles. The average molecular weight is 1050 g/mol. The van der Waals surface area contributed by atoms with E-state index >= 15 is 8.78 Å². The van der Waals surface area contributed by atoms with Gasteiger partial charge in [-0.25, -0.2) is 18.2 Å². The molecular formula is C71H69F3N4O. The highest BCUT2D eigenvalue weighted by atomic mass is 19.1. The largest absolute Gasteiger partial charge is 0.457 e. The molecule has 400 valence electrons. The van der Waals surface area contributed by atoms with Gasteiger partial charge in [-0.05, 0) is 140 Å². The lowest BCUT2D eigenvalue weighted by molar-refractivity contribution is 0.483. The van der Waals surface area contributed by atoms with Crippen molar-refractivity contribution in [2.45, 2.75) is 112 Å². The van der Waals surface area contributed by atoms with Crippen LogP contribution in [0.1, 0.15) is 130 Å². The third-order valence-corrected chi connectivity index (χ3v) is 15.6. The fourth-order valence-electron chi connectivity index (χ4n) is 11.2. The number of hydrogen-bond acceptors (Lipinski definition) is 4. The lowest BCUT2D eigenvalue weighted by Gasteiger charge is -2.31. The Labute approximate surface area is 465 Å². The molecule has 5 nitrogen and oxygen atoms in total.